The quantitative estimate of drug-likeness (QED) is 0.577. The molecule has 0 aromatic heterocycles. The number of rotatable bonds is 5. The SMILES string of the molecule is O=C[P+](O)(O)CCCc1ccccc1. The van der Waals surface area contributed by atoms with Gasteiger partial charge in [0.15, 0.2) is 0 Å². The number of hydrogen-bond acceptors (Lipinski definition) is 3. The lowest BCUT2D eigenvalue weighted by atomic mass is 10.1. The van der Waals surface area contributed by atoms with Crippen molar-refractivity contribution in [3.8, 4) is 0 Å². The molecule has 0 amide bonds. The average Bonchev–Trinajstić information content (AvgIpc) is 2.19. The van der Waals surface area contributed by atoms with Crippen molar-refractivity contribution in [2.24, 2.45) is 0 Å². The minimum atomic E-state index is -3.24. The predicted molar refractivity (Wildman–Crippen MR) is 57.7 cm³/mol. The molecule has 2 N–H and O–H groups in total. The van der Waals surface area contributed by atoms with Crippen LogP contribution >= 0.6 is 7.72 Å². The van der Waals surface area contributed by atoms with E-state index in [2.05, 4.69) is 0 Å². The normalized spacial score (nSPS) is 11.3. The zero-order valence-electron chi connectivity index (χ0n) is 7.84. The largest absolute Gasteiger partial charge is 0.333 e. The summed E-state index contributed by atoms with van der Waals surface area (Å²) in [7, 11) is -3.24. The van der Waals surface area contributed by atoms with Gasteiger partial charge in [0.2, 0.25) is 0 Å². The van der Waals surface area contributed by atoms with Crippen molar-refractivity contribution in [2.45, 2.75) is 12.8 Å². The fourth-order valence-electron chi connectivity index (χ4n) is 1.21. The fourth-order valence-corrected chi connectivity index (χ4v) is 1.94. The van der Waals surface area contributed by atoms with Crippen molar-refractivity contribution < 1.29 is 14.6 Å². The Kier molecular flexibility index (Phi) is 4.21. The fraction of sp³-hybridized carbons (Fsp3) is 0.300. The van der Waals surface area contributed by atoms with Crippen LogP contribution in [0, 0.1) is 0 Å². The Labute approximate surface area is 83.9 Å². The number of carbonyl (C=O) groups is 1. The maximum absolute atomic E-state index is 10.2. The van der Waals surface area contributed by atoms with Crippen LogP contribution in [0.5, 0.6) is 0 Å². The summed E-state index contributed by atoms with van der Waals surface area (Å²) in [6.45, 7) is 0. The summed E-state index contributed by atoms with van der Waals surface area (Å²) in [5.74, 6) is 0. The van der Waals surface area contributed by atoms with Crippen LogP contribution in [-0.4, -0.2) is 22.0 Å². The molecule has 0 aliphatic rings. The van der Waals surface area contributed by atoms with E-state index >= 15 is 0 Å². The molecule has 1 rings (SSSR count). The topological polar surface area (TPSA) is 57.5 Å². The van der Waals surface area contributed by atoms with Crippen LogP contribution in [0.15, 0.2) is 30.3 Å². The summed E-state index contributed by atoms with van der Waals surface area (Å²) in [4.78, 5) is 28.4. The van der Waals surface area contributed by atoms with Gasteiger partial charge < -0.3 is 0 Å². The Morgan fingerprint density at radius 3 is 2.43 bits per heavy atom. The first kappa shape index (κ1) is 11.3. The van der Waals surface area contributed by atoms with Crippen LogP contribution in [0.25, 0.3) is 0 Å². The molecule has 0 unspecified atom stereocenters. The Hall–Kier alpha value is -0.760. The van der Waals surface area contributed by atoms with Gasteiger partial charge in [-0.25, -0.2) is 9.79 Å². The summed E-state index contributed by atoms with van der Waals surface area (Å²) >= 11 is 0. The minimum absolute atomic E-state index is 0.186. The van der Waals surface area contributed by atoms with E-state index in [4.69, 9.17) is 9.79 Å². The van der Waals surface area contributed by atoms with Gasteiger partial charge in [-0.05, 0) is 18.4 Å². The Morgan fingerprint density at radius 1 is 1.21 bits per heavy atom. The monoisotopic (exact) mass is 213 g/mol. The first-order valence-electron chi connectivity index (χ1n) is 4.47. The number of aryl methyl sites for hydroxylation is 1. The molecule has 14 heavy (non-hydrogen) atoms. The van der Waals surface area contributed by atoms with Gasteiger partial charge in [0, 0.05) is 0 Å². The molecule has 76 valence electrons. The molecule has 0 radical (unpaired) electrons. The summed E-state index contributed by atoms with van der Waals surface area (Å²) in [6, 6.07) is 10.1. The van der Waals surface area contributed by atoms with E-state index in [1.807, 2.05) is 30.3 Å². The molecule has 0 saturated heterocycles. The predicted octanol–water partition coefficient (Wildman–Crippen LogP) is 1.64. The van der Waals surface area contributed by atoms with E-state index in [-0.39, 0.29) is 12.2 Å². The van der Waals surface area contributed by atoms with Crippen LogP contribution in [0.3, 0.4) is 0 Å². The second-order valence-electron chi connectivity index (χ2n) is 3.20. The van der Waals surface area contributed by atoms with E-state index in [1.54, 1.807) is 0 Å². The highest BCUT2D eigenvalue weighted by Gasteiger charge is 2.31. The summed E-state index contributed by atoms with van der Waals surface area (Å²) in [5.41, 5.74) is 1.15. The molecular weight excluding hydrogens is 199 g/mol. The molecule has 0 heterocycles. The highest BCUT2D eigenvalue weighted by molar-refractivity contribution is 7.78. The highest BCUT2D eigenvalue weighted by atomic mass is 31.2. The van der Waals surface area contributed by atoms with E-state index in [9.17, 15) is 4.79 Å². The molecule has 1 aromatic carbocycles. The van der Waals surface area contributed by atoms with Gasteiger partial charge in [0.1, 0.15) is 6.16 Å². The van der Waals surface area contributed by atoms with E-state index < -0.39 is 7.72 Å². The smallest absolute Gasteiger partial charge is 0.251 e. The molecule has 1 aromatic rings. The van der Waals surface area contributed by atoms with Crippen molar-refractivity contribution in [2.75, 3.05) is 6.16 Å². The van der Waals surface area contributed by atoms with Crippen LogP contribution in [0.2, 0.25) is 0 Å². The number of benzene rings is 1. The van der Waals surface area contributed by atoms with Gasteiger partial charge >= 0.3 is 13.7 Å². The van der Waals surface area contributed by atoms with Gasteiger partial charge in [-0.2, -0.15) is 0 Å². The van der Waals surface area contributed by atoms with Gasteiger partial charge in [-0.3, -0.25) is 4.79 Å². The van der Waals surface area contributed by atoms with Crippen molar-refractivity contribution >= 4 is 13.7 Å². The summed E-state index contributed by atoms with van der Waals surface area (Å²) in [6.07, 6.45) is 1.59. The van der Waals surface area contributed by atoms with Gasteiger partial charge in [-0.15, -0.1) is 0 Å². The lowest BCUT2D eigenvalue weighted by molar-refractivity contribution is 0.456. The molecule has 4 heteroatoms. The molecule has 0 spiro atoms. The number of carbonyl (C=O) groups excluding carboxylic acids is 1. The van der Waals surface area contributed by atoms with Crippen LogP contribution < -0.4 is 0 Å². The van der Waals surface area contributed by atoms with Crippen LogP contribution in [0.1, 0.15) is 12.0 Å². The molecule has 0 fully saturated rings. The van der Waals surface area contributed by atoms with Gasteiger partial charge in [0.25, 0.3) is 0 Å². The first-order valence-corrected chi connectivity index (χ1v) is 6.42. The van der Waals surface area contributed by atoms with Gasteiger partial charge in [-0.1, -0.05) is 30.3 Å². The second kappa shape index (κ2) is 5.20. The molecule has 3 nitrogen and oxygen atoms in total. The van der Waals surface area contributed by atoms with Crippen molar-refractivity contribution in [3.05, 3.63) is 35.9 Å². The Bertz CT molecular complexity index is 285. The van der Waals surface area contributed by atoms with Crippen LogP contribution in [0.4, 0.5) is 0 Å². The van der Waals surface area contributed by atoms with E-state index in [1.165, 1.54) is 0 Å². The minimum Gasteiger partial charge on any atom is -0.251 e. The highest BCUT2D eigenvalue weighted by Crippen LogP contribution is 2.46. The van der Waals surface area contributed by atoms with Crippen molar-refractivity contribution in [3.63, 3.8) is 0 Å². The summed E-state index contributed by atoms with van der Waals surface area (Å²) in [5, 5.41) is 0. The zero-order chi connectivity index (χ0) is 10.4. The van der Waals surface area contributed by atoms with Crippen molar-refractivity contribution in [1.29, 1.82) is 0 Å². The molecular formula is C10H14O3P+. The molecule has 0 atom stereocenters. The second-order valence-corrected chi connectivity index (χ2v) is 5.43. The third-order valence-electron chi connectivity index (χ3n) is 1.96. The maximum atomic E-state index is 10.2. The molecule has 0 aliphatic heterocycles. The Balaban J connectivity index is 2.32. The molecule has 0 aliphatic carbocycles. The third kappa shape index (κ3) is 3.97. The van der Waals surface area contributed by atoms with E-state index in [0.717, 1.165) is 12.0 Å². The Morgan fingerprint density at radius 2 is 1.86 bits per heavy atom. The standard InChI is InChI=1S/C10H14O3P/c11-9-14(12,13)8-4-7-10-5-2-1-3-6-10/h1-3,5-6,9,12-13H,4,7-8H2/q+1. The maximum Gasteiger partial charge on any atom is 0.333 e. The molecule has 0 saturated carbocycles. The molecule has 0 bridgehead atoms. The van der Waals surface area contributed by atoms with E-state index in [0.29, 0.717) is 6.42 Å². The average molecular weight is 213 g/mol. The van der Waals surface area contributed by atoms with Gasteiger partial charge in [0.05, 0.1) is 0 Å². The lowest BCUT2D eigenvalue weighted by Crippen LogP contribution is -1.99. The number of hydrogen-bond donors (Lipinski definition) is 2. The zero-order valence-corrected chi connectivity index (χ0v) is 8.73. The summed E-state index contributed by atoms with van der Waals surface area (Å²) < 4.78 is 0. The lowest BCUT2D eigenvalue weighted by Gasteiger charge is -2.04. The van der Waals surface area contributed by atoms with Crippen LogP contribution in [-0.2, 0) is 11.2 Å². The third-order valence-corrected chi connectivity index (χ3v) is 3.28. The first-order chi connectivity index (χ1) is 6.64. The van der Waals surface area contributed by atoms with Crippen molar-refractivity contribution in [1.82, 2.24) is 0 Å².